The van der Waals surface area contributed by atoms with E-state index in [1.807, 2.05) is 135 Å². The number of hydrogen-bond acceptors (Lipinski definition) is 7. The predicted octanol–water partition coefficient (Wildman–Crippen LogP) is 5.26. The molecule has 12 nitrogen and oxygen atoms in total. The molecule has 60 heavy (non-hydrogen) atoms. The molecular weight excluding hydrogens is 759 g/mol. The molecule has 0 radical (unpaired) electrons. The molecule has 0 aliphatic carbocycles. The van der Waals surface area contributed by atoms with E-state index in [2.05, 4.69) is 26.6 Å². The summed E-state index contributed by atoms with van der Waals surface area (Å²) >= 11 is 0. The first-order valence-electron chi connectivity index (χ1n) is 20.4. The van der Waals surface area contributed by atoms with Crippen LogP contribution in [0.2, 0.25) is 0 Å². The van der Waals surface area contributed by atoms with E-state index in [0.29, 0.717) is 0 Å². The average molecular weight is 816 g/mol. The van der Waals surface area contributed by atoms with E-state index in [4.69, 9.17) is 4.74 Å². The highest BCUT2D eigenvalue weighted by molar-refractivity contribution is 5.94. The summed E-state index contributed by atoms with van der Waals surface area (Å²) in [6, 6.07) is 34.3. The minimum Gasteiger partial charge on any atom is -0.463 e. The van der Waals surface area contributed by atoms with Gasteiger partial charge in [-0.1, -0.05) is 141 Å². The van der Waals surface area contributed by atoms with Gasteiger partial charge >= 0.3 is 5.97 Å². The molecule has 0 saturated heterocycles. The van der Waals surface area contributed by atoms with Gasteiger partial charge in [-0.05, 0) is 54.9 Å². The van der Waals surface area contributed by atoms with Crippen LogP contribution >= 0.6 is 0 Å². The smallest absolute Gasteiger partial charge is 0.330 e. The van der Waals surface area contributed by atoms with Crippen molar-refractivity contribution < 1.29 is 33.5 Å². The number of nitrogens with one attached hydrogen (secondary N) is 5. The van der Waals surface area contributed by atoms with Crippen molar-refractivity contribution in [1.29, 1.82) is 0 Å². The van der Waals surface area contributed by atoms with E-state index in [1.165, 1.54) is 26.0 Å². The highest BCUT2D eigenvalue weighted by Crippen LogP contribution is 2.37. The van der Waals surface area contributed by atoms with Crippen LogP contribution in [0.3, 0.4) is 0 Å². The topological polar surface area (TPSA) is 172 Å². The van der Waals surface area contributed by atoms with Crippen LogP contribution < -0.4 is 26.6 Å². The van der Waals surface area contributed by atoms with Gasteiger partial charge in [-0.15, -0.1) is 0 Å². The van der Waals surface area contributed by atoms with Gasteiger partial charge in [-0.2, -0.15) is 0 Å². The minimum atomic E-state index is -1.12. The normalized spacial score (nSPS) is 13.3. The van der Waals surface area contributed by atoms with Crippen LogP contribution in [0.1, 0.15) is 76.1 Å². The fourth-order valence-corrected chi connectivity index (χ4v) is 6.93. The lowest BCUT2D eigenvalue weighted by atomic mass is 9.77. The molecule has 5 amide bonds. The van der Waals surface area contributed by atoms with Crippen molar-refractivity contribution in [3.8, 4) is 0 Å². The number of esters is 1. The van der Waals surface area contributed by atoms with Crippen molar-refractivity contribution >= 4 is 35.5 Å². The first kappa shape index (κ1) is 46.1. The monoisotopic (exact) mass is 815 g/mol. The third-order valence-corrected chi connectivity index (χ3v) is 9.78. The van der Waals surface area contributed by atoms with Gasteiger partial charge in [0.1, 0.15) is 23.7 Å². The number of carbonyl (C=O) groups is 6. The SMILES string of the molecule is CCOC(=O)/C=C/[C@H](CCC(=O)NC(c1ccccc1)(c1ccccc1)c1ccccc1)NC(=O)[C@H](Cc1ccccc1)NC(=O)[C@H](CC(C)C)NC(=O)[C@H](C)NC(C)=O. The first-order chi connectivity index (χ1) is 28.8. The molecule has 0 heterocycles. The van der Waals surface area contributed by atoms with E-state index in [9.17, 15) is 28.8 Å². The second kappa shape index (κ2) is 23.1. The molecule has 12 heteroatoms. The summed E-state index contributed by atoms with van der Waals surface area (Å²) in [5.74, 6) is -3.04. The summed E-state index contributed by atoms with van der Waals surface area (Å²) in [4.78, 5) is 79.5. The molecule has 4 aromatic carbocycles. The van der Waals surface area contributed by atoms with Crippen molar-refractivity contribution in [1.82, 2.24) is 26.6 Å². The van der Waals surface area contributed by atoms with Gasteiger partial charge in [0, 0.05) is 31.9 Å². The van der Waals surface area contributed by atoms with E-state index >= 15 is 0 Å². The Morgan fingerprint density at radius 2 is 1.12 bits per heavy atom. The molecule has 0 aromatic heterocycles. The maximum Gasteiger partial charge on any atom is 0.330 e. The third-order valence-electron chi connectivity index (χ3n) is 9.78. The largest absolute Gasteiger partial charge is 0.463 e. The molecule has 0 unspecified atom stereocenters. The molecule has 316 valence electrons. The van der Waals surface area contributed by atoms with Gasteiger partial charge in [0.25, 0.3) is 0 Å². The maximum absolute atomic E-state index is 14.3. The zero-order valence-corrected chi connectivity index (χ0v) is 35.0. The molecular formula is C48H57N5O7. The molecule has 0 saturated carbocycles. The molecule has 4 rings (SSSR count). The van der Waals surface area contributed by atoms with Crippen LogP contribution in [0.5, 0.6) is 0 Å². The lowest BCUT2D eigenvalue weighted by Crippen LogP contribution is -2.57. The second-order valence-electron chi connectivity index (χ2n) is 15.0. The van der Waals surface area contributed by atoms with Crippen molar-refractivity contribution in [2.75, 3.05) is 6.61 Å². The number of rotatable bonds is 21. The van der Waals surface area contributed by atoms with E-state index < -0.39 is 59.3 Å². The molecule has 0 aliphatic heterocycles. The molecule has 0 aliphatic rings. The Labute approximate surface area is 353 Å². The fourth-order valence-electron chi connectivity index (χ4n) is 6.93. The molecule has 0 spiro atoms. The highest BCUT2D eigenvalue weighted by Gasteiger charge is 2.38. The van der Waals surface area contributed by atoms with Crippen molar-refractivity contribution in [3.05, 3.63) is 156 Å². The van der Waals surface area contributed by atoms with Crippen LogP contribution in [-0.2, 0) is 45.5 Å². The lowest BCUT2D eigenvalue weighted by molar-refractivity contribution is -0.137. The molecule has 4 atom stereocenters. The maximum atomic E-state index is 14.3. The Balaban J connectivity index is 1.62. The first-order valence-corrected chi connectivity index (χ1v) is 20.4. The van der Waals surface area contributed by atoms with Gasteiger partial charge < -0.3 is 31.3 Å². The van der Waals surface area contributed by atoms with Crippen LogP contribution in [0, 0.1) is 5.92 Å². The fraction of sp³-hybridized carbons (Fsp3) is 0.333. The Hall–Kier alpha value is -6.56. The summed E-state index contributed by atoms with van der Waals surface area (Å²) in [6.07, 6.45) is 3.09. The van der Waals surface area contributed by atoms with Gasteiger partial charge in [0.15, 0.2) is 0 Å². The van der Waals surface area contributed by atoms with Crippen molar-refractivity contribution in [3.63, 3.8) is 0 Å². The van der Waals surface area contributed by atoms with E-state index in [1.54, 1.807) is 6.92 Å². The van der Waals surface area contributed by atoms with E-state index in [0.717, 1.165) is 22.3 Å². The van der Waals surface area contributed by atoms with Crippen LogP contribution in [0.15, 0.2) is 133 Å². The lowest BCUT2D eigenvalue weighted by Gasteiger charge is -2.37. The molecule has 4 aromatic rings. The standard InChI is InChI=1S/C48H57N5O7/c1-6-60-44(56)30-28-40(27-29-43(55)53-48(37-21-13-8-14-22-37,38-23-15-9-16-24-38)39-25-17-10-18-26-39)50-46(58)42(32-36-19-11-7-12-20-36)52-47(59)41(31-33(2)3)51-45(57)34(4)49-35(5)54/h7-26,28,30,33-34,40-42H,6,27,29,31-32H2,1-5H3,(H,49,54)(H,50,58)(H,51,57)(H,52,59)(H,53,55)/b30-28+/t34-,40-,41-,42-/m0/s1. The van der Waals surface area contributed by atoms with Gasteiger partial charge in [0.2, 0.25) is 29.5 Å². The number of carbonyl (C=O) groups excluding carboxylic acids is 6. The Bertz CT molecular complexity index is 1950. The Morgan fingerprint density at radius 3 is 1.60 bits per heavy atom. The minimum absolute atomic E-state index is 0.00790. The summed E-state index contributed by atoms with van der Waals surface area (Å²) in [7, 11) is 0. The predicted molar refractivity (Wildman–Crippen MR) is 231 cm³/mol. The number of amides is 5. The Morgan fingerprint density at radius 1 is 0.633 bits per heavy atom. The number of hydrogen-bond donors (Lipinski definition) is 5. The molecule has 0 bridgehead atoms. The zero-order valence-electron chi connectivity index (χ0n) is 35.0. The highest BCUT2D eigenvalue weighted by atomic mass is 16.5. The molecule has 0 fully saturated rings. The van der Waals surface area contributed by atoms with Crippen LogP contribution in [0.4, 0.5) is 0 Å². The number of benzene rings is 4. The van der Waals surface area contributed by atoms with Crippen LogP contribution in [0.25, 0.3) is 0 Å². The zero-order chi connectivity index (χ0) is 43.5. The van der Waals surface area contributed by atoms with Crippen molar-refractivity contribution in [2.45, 2.75) is 90.0 Å². The molecule has 5 N–H and O–H groups in total. The summed E-state index contributed by atoms with van der Waals surface area (Å²) in [5, 5.41) is 14.4. The summed E-state index contributed by atoms with van der Waals surface area (Å²) in [6.45, 7) is 8.44. The van der Waals surface area contributed by atoms with E-state index in [-0.39, 0.29) is 44.1 Å². The second-order valence-corrected chi connectivity index (χ2v) is 15.0. The van der Waals surface area contributed by atoms with Gasteiger partial charge in [0.05, 0.1) is 6.61 Å². The summed E-state index contributed by atoms with van der Waals surface area (Å²) in [5.41, 5.74) is 2.24. The van der Waals surface area contributed by atoms with Gasteiger partial charge in [-0.3, -0.25) is 24.0 Å². The summed E-state index contributed by atoms with van der Waals surface area (Å²) < 4.78 is 5.11. The van der Waals surface area contributed by atoms with Gasteiger partial charge in [-0.25, -0.2) is 4.79 Å². The average Bonchev–Trinajstić information content (AvgIpc) is 3.24. The third kappa shape index (κ3) is 13.8. The van der Waals surface area contributed by atoms with Crippen molar-refractivity contribution in [2.24, 2.45) is 5.92 Å². The Kier molecular flexibility index (Phi) is 17.8. The number of ether oxygens (including phenoxy) is 1. The van der Waals surface area contributed by atoms with Crippen LogP contribution in [-0.4, -0.2) is 66.3 Å². The quantitative estimate of drug-likeness (QED) is 0.0434.